The lowest BCUT2D eigenvalue weighted by Crippen LogP contribution is -1.98. The molecule has 0 spiro atoms. The van der Waals surface area contributed by atoms with E-state index in [-0.39, 0.29) is 0 Å². The molecule has 2 nitrogen and oxygen atoms in total. The van der Waals surface area contributed by atoms with Crippen LogP contribution in [0, 0.1) is 0 Å². The molecular formula is C11H9ClN2S. The molecule has 0 saturated carbocycles. The maximum Gasteiger partial charge on any atom is 0.203 e. The highest BCUT2D eigenvalue weighted by atomic mass is 35.5. The van der Waals surface area contributed by atoms with Crippen LogP contribution in [0.15, 0.2) is 24.3 Å². The van der Waals surface area contributed by atoms with Gasteiger partial charge in [-0.25, -0.2) is 4.98 Å². The summed E-state index contributed by atoms with van der Waals surface area (Å²) < 4.78 is 4.83. The molecule has 0 amide bonds. The predicted molar refractivity (Wildman–Crippen MR) is 61.5 cm³/mol. The van der Waals surface area contributed by atoms with E-state index < -0.39 is 0 Å². The van der Waals surface area contributed by atoms with E-state index in [1.165, 1.54) is 22.7 Å². The van der Waals surface area contributed by atoms with Gasteiger partial charge >= 0.3 is 0 Å². The van der Waals surface area contributed by atoms with Gasteiger partial charge in [0.25, 0.3) is 0 Å². The smallest absolute Gasteiger partial charge is 0.203 e. The van der Waals surface area contributed by atoms with E-state index in [1.54, 1.807) is 0 Å². The molecule has 3 rings (SSSR count). The van der Waals surface area contributed by atoms with Gasteiger partial charge in [0.05, 0.1) is 0 Å². The minimum Gasteiger partial charge on any atom is -0.208 e. The lowest BCUT2D eigenvalue weighted by Gasteiger charge is -2.05. The van der Waals surface area contributed by atoms with Crippen LogP contribution in [-0.2, 0) is 6.42 Å². The minimum atomic E-state index is 0.352. The topological polar surface area (TPSA) is 25.8 Å². The molecular weight excluding hydrogens is 228 g/mol. The fraction of sp³-hybridized carbons (Fsp3) is 0.273. The Morgan fingerprint density at radius 1 is 1.33 bits per heavy atom. The van der Waals surface area contributed by atoms with E-state index >= 15 is 0 Å². The Hall–Kier alpha value is -0.930. The zero-order valence-corrected chi connectivity index (χ0v) is 9.55. The number of fused-ring (bicyclic) bond motifs is 1. The summed E-state index contributed by atoms with van der Waals surface area (Å²) in [5, 5.41) is 0. The average Bonchev–Trinajstić information content (AvgIpc) is 2.83. The molecule has 2 aromatic rings. The van der Waals surface area contributed by atoms with E-state index in [2.05, 4.69) is 33.6 Å². The molecule has 0 N–H and O–H groups in total. The molecule has 0 fully saturated rings. The van der Waals surface area contributed by atoms with E-state index in [0.717, 1.165) is 18.7 Å². The quantitative estimate of drug-likeness (QED) is 0.760. The van der Waals surface area contributed by atoms with Crippen LogP contribution in [0.25, 0.3) is 0 Å². The van der Waals surface area contributed by atoms with Crippen LogP contribution in [0.3, 0.4) is 0 Å². The van der Waals surface area contributed by atoms with E-state index in [0.29, 0.717) is 10.4 Å². The molecule has 1 aliphatic rings. The highest BCUT2D eigenvalue weighted by molar-refractivity contribution is 7.10. The number of hydrogen-bond acceptors (Lipinski definition) is 3. The van der Waals surface area contributed by atoms with Crippen LogP contribution in [0.4, 0.5) is 0 Å². The van der Waals surface area contributed by atoms with Gasteiger partial charge in [-0.2, -0.15) is 4.37 Å². The monoisotopic (exact) mass is 236 g/mol. The summed E-state index contributed by atoms with van der Waals surface area (Å²) in [6.45, 7) is 0. The highest BCUT2D eigenvalue weighted by Crippen LogP contribution is 2.37. The van der Waals surface area contributed by atoms with Crippen molar-refractivity contribution in [1.29, 1.82) is 0 Å². The summed E-state index contributed by atoms with van der Waals surface area (Å²) in [7, 11) is 0. The first-order valence-corrected chi connectivity index (χ1v) is 6.06. The van der Waals surface area contributed by atoms with Crippen molar-refractivity contribution >= 4 is 23.1 Å². The molecule has 0 bridgehead atoms. The van der Waals surface area contributed by atoms with Crippen molar-refractivity contribution in [3.63, 3.8) is 0 Å². The highest BCUT2D eigenvalue weighted by Gasteiger charge is 2.26. The van der Waals surface area contributed by atoms with Crippen molar-refractivity contribution in [3.8, 4) is 0 Å². The van der Waals surface area contributed by atoms with Crippen LogP contribution in [0.2, 0.25) is 4.47 Å². The number of aromatic nitrogens is 2. The maximum absolute atomic E-state index is 5.81. The summed E-state index contributed by atoms with van der Waals surface area (Å²) in [4.78, 5) is 4.26. The first kappa shape index (κ1) is 9.31. The fourth-order valence-electron chi connectivity index (χ4n) is 2.18. The lowest BCUT2D eigenvalue weighted by atomic mass is 10.0. The summed E-state index contributed by atoms with van der Waals surface area (Å²) in [5.74, 6) is 1.24. The van der Waals surface area contributed by atoms with Gasteiger partial charge in [-0.05, 0) is 47.1 Å². The Morgan fingerprint density at radius 3 is 3.00 bits per heavy atom. The Balaban J connectivity index is 2.04. The van der Waals surface area contributed by atoms with Gasteiger partial charge in [-0.3, -0.25) is 0 Å². The minimum absolute atomic E-state index is 0.352. The summed E-state index contributed by atoms with van der Waals surface area (Å²) >= 11 is 7.08. The third-order valence-electron chi connectivity index (χ3n) is 2.86. The second-order valence-electron chi connectivity index (χ2n) is 3.70. The molecule has 15 heavy (non-hydrogen) atoms. The second kappa shape index (κ2) is 3.58. The standard InChI is InChI=1S/C11H9ClN2S/c12-11-13-10(14-15-11)9-6-5-7-3-1-2-4-8(7)9/h1-4,9H,5-6H2. The molecule has 0 saturated heterocycles. The van der Waals surface area contributed by atoms with Gasteiger partial charge < -0.3 is 0 Å². The molecule has 0 aliphatic heterocycles. The molecule has 1 unspecified atom stereocenters. The number of benzene rings is 1. The molecule has 1 atom stereocenters. The van der Waals surface area contributed by atoms with E-state index in [9.17, 15) is 0 Å². The number of halogens is 1. The molecule has 0 radical (unpaired) electrons. The van der Waals surface area contributed by atoms with Gasteiger partial charge in [0, 0.05) is 5.92 Å². The second-order valence-corrected chi connectivity index (χ2v) is 5.03. The van der Waals surface area contributed by atoms with Gasteiger partial charge in [0.1, 0.15) is 0 Å². The average molecular weight is 237 g/mol. The summed E-state index contributed by atoms with van der Waals surface area (Å²) in [6.07, 6.45) is 2.23. The third-order valence-corrected chi connectivity index (χ3v) is 3.67. The van der Waals surface area contributed by atoms with Gasteiger partial charge in [0.2, 0.25) is 4.47 Å². The van der Waals surface area contributed by atoms with Crippen molar-refractivity contribution in [2.24, 2.45) is 0 Å². The van der Waals surface area contributed by atoms with Crippen molar-refractivity contribution in [1.82, 2.24) is 9.36 Å². The summed E-state index contributed by atoms with van der Waals surface area (Å²) in [6, 6.07) is 8.51. The number of nitrogens with zero attached hydrogens (tertiary/aromatic N) is 2. The first-order chi connectivity index (χ1) is 7.34. The van der Waals surface area contributed by atoms with Crippen molar-refractivity contribution in [2.75, 3.05) is 0 Å². The first-order valence-electron chi connectivity index (χ1n) is 4.91. The SMILES string of the molecule is Clc1nc(C2CCc3ccccc32)ns1. The van der Waals surface area contributed by atoms with Crippen molar-refractivity contribution in [2.45, 2.75) is 18.8 Å². The third kappa shape index (κ3) is 1.56. The van der Waals surface area contributed by atoms with Crippen LogP contribution in [0.1, 0.15) is 29.3 Å². The van der Waals surface area contributed by atoms with Crippen LogP contribution < -0.4 is 0 Å². The largest absolute Gasteiger partial charge is 0.208 e. The van der Waals surface area contributed by atoms with Crippen LogP contribution >= 0.6 is 23.1 Å². The van der Waals surface area contributed by atoms with E-state index in [1.807, 2.05) is 0 Å². The maximum atomic E-state index is 5.81. The van der Waals surface area contributed by atoms with Crippen molar-refractivity contribution < 1.29 is 0 Å². The molecule has 1 aromatic carbocycles. The molecule has 1 heterocycles. The number of aryl methyl sites for hydroxylation is 1. The van der Waals surface area contributed by atoms with Gasteiger partial charge in [0.15, 0.2) is 5.82 Å². The lowest BCUT2D eigenvalue weighted by molar-refractivity contribution is 0.745. The molecule has 76 valence electrons. The molecule has 4 heteroatoms. The Bertz CT molecular complexity index is 495. The zero-order valence-electron chi connectivity index (χ0n) is 7.98. The Kier molecular flexibility index (Phi) is 2.22. The predicted octanol–water partition coefficient (Wildman–Crippen LogP) is 3.27. The number of hydrogen-bond donors (Lipinski definition) is 0. The Morgan fingerprint density at radius 2 is 2.20 bits per heavy atom. The van der Waals surface area contributed by atoms with Crippen LogP contribution in [-0.4, -0.2) is 9.36 Å². The van der Waals surface area contributed by atoms with Crippen LogP contribution in [0.5, 0.6) is 0 Å². The fourth-order valence-corrected chi connectivity index (χ4v) is 2.84. The summed E-state index contributed by atoms with van der Waals surface area (Å²) in [5.41, 5.74) is 2.79. The van der Waals surface area contributed by atoms with E-state index in [4.69, 9.17) is 11.6 Å². The molecule has 1 aromatic heterocycles. The zero-order chi connectivity index (χ0) is 10.3. The number of rotatable bonds is 1. The normalized spacial score (nSPS) is 19.1. The van der Waals surface area contributed by atoms with Gasteiger partial charge in [-0.1, -0.05) is 24.3 Å². The molecule has 1 aliphatic carbocycles. The van der Waals surface area contributed by atoms with Crippen molar-refractivity contribution in [3.05, 3.63) is 45.7 Å². The Labute approximate surface area is 97.1 Å². The van der Waals surface area contributed by atoms with Gasteiger partial charge in [-0.15, -0.1) is 0 Å².